The number of hydrogen-bond donors (Lipinski definition) is 1. The van der Waals surface area contributed by atoms with Gasteiger partial charge in [0.15, 0.2) is 0 Å². The van der Waals surface area contributed by atoms with E-state index in [1.165, 1.54) is 6.07 Å². The topological polar surface area (TPSA) is 12.0 Å². The van der Waals surface area contributed by atoms with E-state index >= 15 is 0 Å². The lowest BCUT2D eigenvalue weighted by Gasteiger charge is -2.11. The van der Waals surface area contributed by atoms with Crippen molar-refractivity contribution in [2.45, 2.75) is 13.5 Å². The van der Waals surface area contributed by atoms with Crippen molar-refractivity contribution < 1.29 is 4.39 Å². The summed E-state index contributed by atoms with van der Waals surface area (Å²) in [7, 11) is 0. The molecule has 0 amide bonds. The van der Waals surface area contributed by atoms with Crippen molar-refractivity contribution in [2.75, 3.05) is 6.54 Å². The fourth-order valence-corrected chi connectivity index (χ4v) is 2.96. The lowest BCUT2D eigenvalue weighted by Crippen LogP contribution is -2.11. The van der Waals surface area contributed by atoms with Crippen LogP contribution in [0.25, 0.3) is 11.1 Å². The van der Waals surface area contributed by atoms with Crippen LogP contribution >= 0.6 is 34.8 Å². The van der Waals surface area contributed by atoms with Gasteiger partial charge < -0.3 is 5.32 Å². The van der Waals surface area contributed by atoms with Crippen molar-refractivity contribution in [3.8, 4) is 11.1 Å². The van der Waals surface area contributed by atoms with Crippen molar-refractivity contribution in [2.24, 2.45) is 0 Å². The minimum absolute atomic E-state index is 0.334. The van der Waals surface area contributed by atoms with Crippen molar-refractivity contribution in [3.05, 3.63) is 56.8 Å². The molecule has 5 heteroatoms. The third kappa shape index (κ3) is 3.44. The molecule has 0 unspecified atom stereocenters. The van der Waals surface area contributed by atoms with Gasteiger partial charge in [0, 0.05) is 22.7 Å². The van der Waals surface area contributed by atoms with E-state index in [1.54, 1.807) is 18.2 Å². The summed E-state index contributed by atoms with van der Waals surface area (Å²) >= 11 is 18.1. The van der Waals surface area contributed by atoms with Crippen LogP contribution in [0.2, 0.25) is 15.1 Å². The number of nitrogens with one attached hydrogen (secondary N) is 1. The van der Waals surface area contributed by atoms with Crippen LogP contribution in [0.15, 0.2) is 30.3 Å². The van der Waals surface area contributed by atoms with Gasteiger partial charge in [-0.25, -0.2) is 4.39 Å². The van der Waals surface area contributed by atoms with Crippen LogP contribution in [-0.2, 0) is 6.54 Å². The molecule has 0 saturated carbocycles. The lowest BCUT2D eigenvalue weighted by molar-refractivity contribution is 0.625. The Hall–Kier alpha value is -0.800. The normalized spacial score (nSPS) is 10.8. The van der Waals surface area contributed by atoms with E-state index in [-0.39, 0.29) is 5.82 Å². The average Bonchev–Trinajstić information content (AvgIpc) is 2.37. The molecule has 0 bridgehead atoms. The van der Waals surface area contributed by atoms with Crippen LogP contribution in [0, 0.1) is 5.82 Å². The number of hydrogen-bond acceptors (Lipinski definition) is 1. The van der Waals surface area contributed by atoms with Gasteiger partial charge in [-0.15, -0.1) is 0 Å². The molecule has 0 spiro atoms. The first-order valence-electron chi connectivity index (χ1n) is 6.17. The Bertz CT molecular complexity index is 606. The molecule has 2 aromatic carbocycles. The third-order valence-electron chi connectivity index (χ3n) is 2.89. The van der Waals surface area contributed by atoms with Gasteiger partial charge in [0.1, 0.15) is 5.82 Å². The van der Waals surface area contributed by atoms with Gasteiger partial charge in [0.2, 0.25) is 0 Å². The molecule has 0 saturated heterocycles. The summed E-state index contributed by atoms with van der Waals surface area (Å²) in [5.41, 5.74) is 1.71. The first-order valence-corrected chi connectivity index (χ1v) is 7.30. The van der Waals surface area contributed by atoms with Crippen LogP contribution in [-0.4, -0.2) is 6.54 Å². The molecule has 0 fully saturated rings. The standard InChI is InChI=1S/C15H13Cl3FN/c1-2-20-8-9-3-4-11(14(19)5-9)15-12(17)6-10(16)7-13(15)18/h3-7,20H,2,8H2,1H3. The molecule has 0 aromatic heterocycles. The van der Waals surface area contributed by atoms with E-state index < -0.39 is 0 Å². The molecular formula is C15H13Cl3FN. The van der Waals surface area contributed by atoms with Crippen molar-refractivity contribution >= 4 is 34.8 Å². The molecule has 0 aliphatic heterocycles. The van der Waals surface area contributed by atoms with Crippen molar-refractivity contribution in [3.63, 3.8) is 0 Å². The summed E-state index contributed by atoms with van der Waals surface area (Å²) in [5.74, 6) is -0.355. The molecule has 0 heterocycles. The minimum atomic E-state index is -0.355. The second kappa shape index (κ2) is 6.77. The van der Waals surface area contributed by atoms with Gasteiger partial charge in [-0.2, -0.15) is 0 Å². The van der Waals surface area contributed by atoms with Crippen LogP contribution in [0.5, 0.6) is 0 Å². The number of benzene rings is 2. The molecule has 2 rings (SSSR count). The van der Waals surface area contributed by atoms with Crippen molar-refractivity contribution in [1.82, 2.24) is 5.32 Å². The van der Waals surface area contributed by atoms with Gasteiger partial charge in [0.25, 0.3) is 0 Å². The zero-order valence-electron chi connectivity index (χ0n) is 10.8. The second-order valence-electron chi connectivity index (χ2n) is 4.34. The predicted molar refractivity (Wildman–Crippen MR) is 84.2 cm³/mol. The summed E-state index contributed by atoms with van der Waals surface area (Å²) in [4.78, 5) is 0. The number of halogens is 4. The van der Waals surface area contributed by atoms with Crippen molar-refractivity contribution in [1.29, 1.82) is 0 Å². The monoisotopic (exact) mass is 331 g/mol. The Morgan fingerprint density at radius 3 is 2.25 bits per heavy atom. The molecular weight excluding hydrogens is 320 g/mol. The Balaban J connectivity index is 2.44. The Labute approximate surface area is 132 Å². The van der Waals surface area contributed by atoms with Crippen LogP contribution < -0.4 is 5.32 Å². The summed E-state index contributed by atoms with van der Waals surface area (Å²) in [6, 6.07) is 8.12. The molecule has 1 N–H and O–H groups in total. The van der Waals surface area contributed by atoms with Crippen LogP contribution in [0.1, 0.15) is 12.5 Å². The summed E-state index contributed by atoms with van der Waals surface area (Å²) in [6.07, 6.45) is 0. The van der Waals surface area contributed by atoms with Gasteiger partial charge in [-0.1, -0.05) is 53.9 Å². The van der Waals surface area contributed by atoms with E-state index in [9.17, 15) is 4.39 Å². The van der Waals surface area contributed by atoms with E-state index in [4.69, 9.17) is 34.8 Å². The Morgan fingerprint density at radius 1 is 1.05 bits per heavy atom. The smallest absolute Gasteiger partial charge is 0.131 e. The summed E-state index contributed by atoms with van der Waals surface area (Å²) in [6.45, 7) is 3.45. The number of rotatable bonds is 4. The second-order valence-corrected chi connectivity index (χ2v) is 5.59. The minimum Gasteiger partial charge on any atom is -0.313 e. The maximum Gasteiger partial charge on any atom is 0.131 e. The lowest BCUT2D eigenvalue weighted by atomic mass is 10.0. The highest BCUT2D eigenvalue weighted by atomic mass is 35.5. The maximum absolute atomic E-state index is 14.2. The molecule has 0 radical (unpaired) electrons. The Morgan fingerprint density at radius 2 is 1.70 bits per heavy atom. The fourth-order valence-electron chi connectivity index (χ4n) is 1.94. The van der Waals surface area contributed by atoms with Gasteiger partial charge in [-0.3, -0.25) is 0 Å². The molecule has 1 nitrogen and oxygen atoms in total. The van der Waals surface area contributed by atoms with E-state index in [2.05, 4.69) is 5.32 Å². The summed E-state index contributed by atoms with van der Waals surface area (Å²) < 4.78 is 14.2. The molecule has 20 heavy (non-hydrogen) atoms. The predicted octanol–water partition coefficient (Wildman–Crippen LogP) is 5.56. The zero-order valence-corrected chi connectivity index (χ0v) is 13.1. The first-order chi connectivity index (χ1) is 9.52. The highest BCUT2D eigenvalue weighted by Gasteiger charge is 2.14. The van der Waals surface area contributed by atoms with Gasteiger partial charge >= 0.3 is 0 Å². The molecule has 0 aliphatic rings. The third-order valence-corrected chi connectivity index (χ3v) is 3.70. The van der Waals surface area contributed by atoms with E-state index in [0.717, 1.165) is 12.1 Å². The quantitative estimate of drug-likeness (QED) is 0.772. The zero-order chi connectivity index (χ0) is 14.7. The highest BCUT2D eigenvalue weighted by molar-refractivity contribution is 6.41. The van der Waals surface area contributed by atoms with Crippen LogP contribution in [0.4, 0.5) is 4.39 Å². The largest absolute Gasteiger partial charge is 0.313 e. The van der Waals surface area contributed by atoms with Crippen LogP contribution in [0.3, 0.4) is 0 Å². The molecule has 106 valence electrons. The maximum atomic E-state index is 14.2. The SMILES string of the molecule is CCNCc1ccc(-c2c(Cl)cc(Cl)cc2Cl)c(F)c1. The van der Waals surface area contributed by atoms with E-state index in [1.807, 2.05) is 13.0 Å². The first kappa shape index (κ1) is 15.6. The van der Waals surface area contributed by atoms with Gasteiger partial charge in [-0.05, 0) is 30.3 Å². The molecule has 0 aliphatic carbocycles. The van der Waals surface area contributed by atoms with E-state index in [0.29, 0.717) is 32.7 Å². The average molecular weight is 333 g/mol. The highest BCUT2D eigenvalue weighted by Crippen LogP contribution is 2.38. The fraction of sp³-hybridized carbons (Fsp3) is 0.200. The summed E-state index contributed by atoms with van der Waals surface area (Å²) in [5, 5.41) is 4.24. The molecule has 2 aromatic rings. The Kier molecular flexibility index (Phi) is 5.28. The van der Waals surface area contributed by atoms with Gasteiger partial charge in [0.05, 0.1) is 10.0 Å². The molecule has 0 atom stereocenters.